The van der Waals surface area contributed by atoms with Gasteiger partial charge in [0.05, 0.1) is 24.4 Å². The van der Waals surface area contributed by atoms with Crippen LogP contribution in [0.2, 0.25) is 5.02 Å². The molecule has 5 nitrogen and oxygen atoms in total. The van der Waals surface area contributed by atoms with E-state index < -0.39 is 6.10 Å². The summed E-state index contributed by atoms with van der Waals surface area (Å²) in [7, 11) is 0. The maximum atomic E-state index is 10.5. The Bertz CT molecular complexity index is 642. The molecule has 112 valence electrons. The Hall–Kier alpha value is -1.72. The number of aliphatic hydroxyl groups is 1. The number of rotatable bonds is 3. The largest absolute Gasteiger partial charge is 0.489 e. The molecular weight excluding hydrogens is 292 g/mol. The average molecular weight is 309 g/mol. The molecule has 2 aromatic rings. The molecule has 0 saturated carbocycles. The van der Waals surface area contributed by atoms with Gasteiger partial charge in [0.1, 0.15) is 6.10 Å². The Morgan fingerprint density at radius 1 is 1.33 bits per heavy atom. The predicted molar refractivity (Wildman–Crippen MR) is 79.0 cm³/mol. The van der Waals surface area contributed by atoms with Crippen LogP contribution in [0, 0.1) is 0 Å². The van der Waals surface area contributed by atoms with Crippen molar-refractivity contribution in [3.63, 3.8) is 0 Å². The van der Waals surface area contributed by atoms with Crippen LogP contribution >= 0.6 is 11.6 Å². The molecule has 1 aliphatic heterocycles. The number of hydrogen-bond donors (Lipinski definition) is 1. The van der Waals surface area contributed by atoms with Crippen molar-refractivity contribution >= 4 is 11.6 Å². The zero-order valence-corrected chi connectivity index (χ0v) is 12.5. The third-order valence-electron chi connectivity index (χ3n) is 3.43. The third kappa shape index (κ3) is 2.84. The van der Waals surface area contributed by atoms with Gasteiger partial charge in [0.2, 0.25) is 0 Å². The van der Waals surface area contributed by atoms with Crippen molar-refractivity contribution in [3.05, 3.63) is 40.7 Å². The van der Waals surface area contributed by atoms with E-state index >= 15 is 0 Å². The summed E-state index contributed by atoms with van der Waals surface area (Å²) in [6.45, 7) is 3.91. The predicted octanol–water partition coefficient (Wildman–Crippen LogP) is 2.80. The van der Waals surface area contributed by atoms with Gasteiger partial charge in [-0.2, -0.15) is 5.10 Å². The number of halogens is 1. The van der Waals surface area contributed by atoms with Gasteiger partial charge >= 0.3 is 0 Å². The standard InChI is InChI=1S/C15H17ClN2O3/c1-2-18-9-11(8-17-18)14(19)10-6-12(16)15-13(7-10)20-4-3-5-21-15/h6-9,14,19H,2-5H2,1H3. The van der Waals surface area contributed by atoms with Crippen LogP contribution in [0.3, 0.4) is 0 Å². The van der Waals surface area contributed by atoms with Gasteiger partial charge < -0.3 is 14.6 Å². The first-order chi connectivity index (χ1) is 10.2. The molecule has 6 heteroatoms. The number of nitrogens with zero attached hydrogens (tertiary/aromatic N) is 2. The molecule has 0 radical (unpaired) electrons. The number of benzene rings is 1. The van der Waals surface area contributed by atoms with E-state index in [-0.39, 0.29) is 0 Å². The van der Waals surface area contributed by atoms with Crippen LogP contribution in [-0.2, 0) is 6.54 Å². The fourth-order valence-corrected chi connectivity index (χ4v) is 2.57. The molecule has 1 aliphatic rings. The highest BCUT2D eigenvalue weighted by atomic mass is 35.5. The molecule has 21 heavy (non-hydrogen) atoms. The van der Waals surface area contributed by atoms with Gasteiger partial charge in [0, 0.05) is 24.7 Å². The van der Waals surface area contributed by atoms with E-state index in [0.29, 0.717) is 35.3 Å². The smallest absolute Gasteiger partial charge is 0.179 e. The first-order valence-corrected chi connectivity index (χ1v) is 7.36. The molecule has 2 heterocycles. The molecule has 1 aromatic carbocycles. The summed E-state index contributed by atoms with van der Waals surface area (Å²) in [6, 6.07) is 3.49. The second-order valence-corrected chi connectivity index (χ2v) is 5.32. The molecule has 1 atom stereocenters. The molecule has 0 saturated heterocycles. The van der Waals surface area contributed by atoms with Crippen molar-refractivity contribution in [2.75, 3.05) is 13.2 Å². The van der Waals surface area contributed by atoms with Gasteiger partial charge in [-0.3, -0.25) is 4.68 Å². The van der Waals surface area contributed by atoms with E-state index in [2.05, 4.69) is 5.10 Å². The molecular formula is C15H17ClN2O3. The van der Waals surface area contributed by atoms with Crippen molar-refractivity contribution in [3.8, 4) is 11.5 Å². The Balaban J connectivity index is 1.94. The van der Waals surface area contributed by atoms with E-state index in [0.717, 1.165) is 18.5 Å². The second-order valence-electron chi connectivity index (χ2n) is 4.91. The van der Waals surface area contributed by atoms with Crippen LogP contribution in [0.1, 0.15) is 30.6 Å². The van der Waals surface area contributed by atoms with E-state index in [4.69, 9.17) is 21.1 Å². The first-order valence-electron chi connectivity index (χ1n) is 6.98. The van der Waals surface area contributed by atoms with E-state index in [1.54, 1.807) is 23.0 Å². The molecule has 0 bridgehead atoms. The van der Waals surface area contributed by atoms with Gasteiger partial charge in [-0.05, 0) is 24.6 Å². The van der Waals surface area contributed by atoms with Gasteiger partial charge in [0.25, 0.3) is 0 Å². The van der Waals surface area contributed by atoms with Crippen LogP contribution in [0.5, 0.6) is 11.5 Å². The number of ether oxygens (including phenoxy) is 2. The van der Waals surface area contributed by atoms with Crippen molar-refractivity contribution < 1.29 is 14.6 Å². The van der Waals surface area contributed by atoms with E-state index in [1.807, 2.05) is 13.1 Å². The highest BCUT2D eigenvalue weighted by Gasteiger charge is 2.20. The van der Waals surface area contributed by atoms with Crippen LogP contribution in [0.25, 0.3) is 0 Å². The van der Waals surface area contributed by atoms with Gasteiger partial charge in [-0.25, -0.2) is 0 Å². The molecule has 0 aliphatic carbocycles. The minimum absolute atomic E-state index is 0.450. The number of fused-ring (bicyclic) bond motifs is 1. The van der Waals surface area contributed by atoms with Crippen LogP contribution in [0.4, 0.5) is 0 Å². The topological polar surface area (TPSA) is 56.5 Å². The Kier molecular flexibility index (Phi) is 4.03. The van der Waals surface area contributed by atoms with Crippen molar-refractivity contribution in [2.45, 2.75) is 26.0 Å². The Labute approximate surface area is 128 Å². The SMILES string of the molecule is CCn1cc(C(O)c2cc(Cl)c3c(c2)OCCCO3)cn1. The summed E-state index contributed by atoms with van der Waals surface area (Å²) in [6.07, 6.45) is 3.50. The van der Waals surface area contributed by atoms with Crippen molar-refractivity contribution in [2.24, 2.45) is 0 Å². The summed E-state index contributed by atoms with van der Waals surface area (Å²) in [5, 5.41) is 15.1. The zero-order valence-electron chi connectivity index (χ0n) is 11.8. The minimum atomic E-state index is -0.792. The number of aliphatic hydroxyl groups excluding tert-OH is 1. The molecule has 0 amide bonds. The molecule has 3 rings (SSSR count). The summed E-state index contributed by atoms with van der Waals surface area (Å²) in [4.78, 5) is 0. The lowest BCUT2D eigenvalue weighted by molar-refractivity contribution is 0.219. The Morgan fingerprint density at radius 3 is 2.90 bits per heavy atom. The molecule has 0 spiro atoms. The quantitative estimate of drug-likeness (QED) is 0.947. The van der Waals surface area contributed by atoms with Crippen LogP contribution < -0.4 is 9.47 Å². The maximum Gasteiger partial charge on any atom is 0.179 e. The number of aryl methyl sites for hydroxylation is 1. The summed E-state index contributed by atoms with van der Waals surface area (Å²) >= 11 is 6.25. The lowest BCUT2D eigenvalue weighted by atomic mass is 10.0. The lowest BCUT2D eigenvalue weighted by Gasteiger charge is -2.14. The normalized spacial score (nSPS) is 15.6. The van der Waals surface area contributed by atoms with Gasteiger partial charge in [0.15, 0.2) is 11.5 Å². The third-order valence-corrected chi connectivity index (χ3v) is 3.71. The average Bonchev–Trinajstić information content (AvgIpc) is 2.84. The Morgan fingerprint density at radius 2 is 2.14 bits per heavy atom. The van der Waals surface area contributed by atoms with E-state index in [1.165, 1.54) is 0 Å². The summed E-state index contributed by atoms with van der Waals surface area (Å²) in [5.41, 5.74) is 1.39. The van der Waals surface area contributed by atoms with Crippen LogP contribution in [-0.4, -0.2) is 28.1 Å². The van der Waals surface area contributed by atoms with E-state index in [9.17, 15) is 5.11 Å². The van der Waals surface area contributed by atoms with Crippen molar-refractivity contribution in [1.29, 1.82) is 0 Å². The molecule has 1 aromatic heterocycles. The summed E-state index contributed by atoms with van der Waals surface area (Å²) in [5.74, 6) is 1.13. The van der Waals surface area contributed by atoms with Crippen molar-refractivity contribution in [1.82, 2.24) is 9.78 Å². The molecule has 0 fully saturated rings. The minimum Gasteiger partial charge on any atom is -0.489 e. The fraction of sp³-hybridized carbons (Fsp3) is 0.400. The number of hydrogen-bond acceptors (Lipinski definition) is 4. The first kappa shape index (κ1) is 14.2. The molecule has 1 unspecified atom stereocenters. The number of aromatic nitrogens is 2. The zero-order chi connectivity index (χ0) is 14.8. The maximum absolute atomic E-state index is 10.5. The van der Waals surface area contributed by atoms with Crippen LogP contribution in [0.15, 0.2) is 24.5 Å². The highest BCUT2D eigenvalue weighted by molar-refractivity contribution is 6.32. The summed E-state index contributed by atoms with van der Waals surface area (Å²) < 4.78 is 13.0. The molecule has 1 N–H and O–H groups in total. The second kappa shape index (κ2) is 5.95. The van der Waals surface area contributed by atoms with Gasteiger partial charge in [-0.15, -0.1) is 0 Å². The highest BCUT2D eigenvalue weighted by Crippen LogP contribution is 2.40. The monoisotopic (exact) mass is 308 g/mol. The van der Waals surface area contributed by atoms with Gasteiger partial charge in [-0.1, -0.05) is 11.6 Å². The lowest BCUT2D eigenvalue weighted by Crippen LogP contribution is -2.01. The fourth-order valence-electron chi connectivity index (χ4n) is 2.29.